The molecule has 1 fully saturated rings. The van der Waals surface area contributed by atoms with Gasteiger partial charge in [-0.3, -0.25) is 4.57 Å². The van der Waals surface area contributed by atoms with Crippen LogP contribution in [-0.2, 0) is 4.74 Å². The number of hydrogen-bond acceptors (Lipinski definition) is 9. The summed E-state index contributed by atoms with van der Waals surface area (Å²) in [5, 5.41) is 29.6. The van der Waals surface area contributed by atoms with Gasteiger partial charge in [-0.25, -0.2) is 9.97 Å². The van der Waals surface area contributed by atoms with E-state index in [1.807, 2.05) is 6.26 Å². The van der Waals surface area contributed by atoms with Crippen LogP contribution in [0.1, 0.15) is 6.23 Å². The molecule has 3 rings (SSSR count). The van der Waals surface area contributed by atoms with Crippen molar-refractivity contribution in [2.75, 3.05) is 18.6 Å². The normalized spacial score (nSPS) is 29.3. The van der Waals surface area contributed by atoms with Crippen LogP contribution < -0.4 is 5.73 Å². The van der Waals surface area contributed by atoms with E-state index in [-0.39, 0.29) is 5.95 Å². The predicted octanol–water partition coefficient (Wildman–Crippen LogP) is -1.26. The molecule has 2 aromatic heterocycles. The maximum absolute atomic E-state index is 10.1. The number of aliphatic hydroxyl groups excluding tert-OH is 3. The number of aromatic nitrogens is 4. The predicted molar refractivity (Wildman–Crippen MR) is 74.5 cm³/mol. The van der Waals surface area contributed by atoms with E-state index in [9.17, 15) is 10.2 Å². The second-order valence-electron chi connectivity index (χ2n) is 4.64. The molecule has 0 unspecified atom stereocenters. The zero-order valence-electron chi connectivity index (χ0n) is 11.1. The number of nitrogens with zero attached hydrogens (tertiary/aromatic N) is 4. The Bertz CT molecular complexity index is 665. The molecule has 0 saturated carbocycles. The van der Waals surface area contributed by atoms with Crippen molar-refractivity contribution in [3.8, 4) is 0 Å². The average molecular weight is 313 g/mol. The van der Waals surface area contributed by atoms with Gasteiger partial charge in [-0.1, -0.05) is 0 Å². The van der Waals surface area contributed by atoms with Gasteiger partial charge in [0.2, 0.25) is 5.95 Å². The number of hydrogen-bond donors (Lipinski definition) is 4. The molecule has 0 radical (unpaired) electrons. The summed E-state index contributed by atoms with van der Waals surface area (Å²) in [6.45, 7) is -0.394. The summed E-state index contributed by atoms with van der Waals surface area (Å²) in [6.07, 6.45) is -0.858. The SMILES string of the molecule is CSc1nc(N)nc2c1ncn2[C@@H]1O[C@@H](CO)[C@@H](O)[C@@H]1O. The van der Waals surface area contributed by atoms with Crippen molar-refractivity contribution in [2.45, 2.75) is 29.6 Å². The van der Waals surface area contributed by atoms with E-state index in [4.69, 9.17) is 15.6 Å². The zero-order valence-corrected chi connectivity index (χ0v) is 11.9. The van der Waals surface area contributed by atoms with E-state index >= 15 is 0 Å². The molecule has 1 aliphatic heterocycles. The second-order valence-corrected chi connectivity index (χ2v) is 5.44. The zero-order chi connectivity index (χ0) is 15.1. The van der Waals surface area contributed by atoms with Gasteiger partial charge in [0.15, 0.2) is 11.9 Å². The van der Waals surface area contributed by atoms with Crippen LogP contribution >= 0.6 is 11.8 Å². The second kappa shape index (κ2) is 5.39. The van der Waals surface area contributed by atoms with Crippen LogP contribution in [0.25, 0.3) is 11.2 Å². The van der Waals surface area contributed by atoms with Crippen LogP contribution in [0.5, 0.6) is 0 Å². The van der Waals surface area contributed by atoms with Crippen molar-refractivity contribution in [1.82, 2.24) is 19.5 Å². The average Bonchev–Trinajstić information content (AvgIpc) is 3.01. The highest BCUT2D eigenvalue weighted by Gasteiger charge is 2.44. The minimum absolute atomic E-state index is 0.0837. The molecule has 0 aromatic carbocycles. The van der Waals surface area contributed by atoms with E-state index in [1.54, 1.807) is 0 Å². The van der Waals surface area contributed by atoms with Crippen molar-refractivity contribution in [1.29, 1.82) is 0 Å². The lowest BCUT2D eigenvalue weighted by Crippen LogP contribution is -2.33. The molecule has 3 heterocycles. The first-order chi connectivity index (χ1) is 10.1. The van der Waals surface area contributed by atoms with Crippen molar-refractivity contribution >= 4 is 28.9 Å². The smallest absolute Gasteiger partial charge is 0.223 e. The maximum atomic E-state index is 10.1. The molecular formula is C11H15N5O4S. The number of fused-ring (bicyclic) bond motifs is 1. The summed E-state index contributed by atoms with van der Waals surface area (Å²) >= 11 is 1.38. The first-order valence-corrected chi connectivity index (χ1v) is 7.45. The van der Waals surface area contributed by atoms with Crippen LogP contribution in [0, 0.1) is 0 Å². The number of nitrogens with two attached hydrogens (primary N) is 1. The number of nitrogen functional groups attached to an aromatic ring is 1. The Kier molecular flexibility index (Phi) is 3.71. The summed E-state index contributed by atoms with van der Waals surface area (Å²) in [4.78, 5) is 12.4. The summed E-state index contributed by atoms with van der Waals surface area (Å²) in [5.41, 5.74) is 6.61. The number of thioether (sulfide) groups is 1. The van der Waals surface area contributed by atoms with E-state index in [0.717, 1.165) is 0 Å². The summed E-state index contributed by atoms with van der Waals surface area (Å²) < 4.78 is 6.95. The minimum atomic E-state index is -1.20. The van der Waals surface area contributed by atoms with E-state index in [2.05, 4.69) is 15.0 Å². The number of rotatable bonds is 3. The Morgan fingerprint density at radius 3 is 2.76 bits per heavy atom. The lowest BCUT2D eigenvalue weighted by molar-refractivity contribution is -0.0511. The fraction of sp³-hybridized carbons (Fsp3) is 0.545. The molecule has 4 atom stereocenters. The maximum Gasteiger partial charge on any atom is 0.223 e. The Morgan fingerprint density at radius 2 is 2.14 bits per heavy atom. The first kappa shape index (κ1) is 14.5. The Balaban J connectivity index is 2.07. The monoisotopic (exact) mass is 313 g/mol. The third kappa shape index (κ3) is 2.24. The van der Waals surface area contributed by atoms with Crippen LogP contribution in [0.2, 0.25) is 0 Å². The lowest BCUT2D eigenvalue weighted by Gasteiger charge is -2.16. The number of aliphatic hydroxyl groups is 3. The lowest BCUT2D eigenvalue weighted by atomic mass is 10.1. The van der Waals surface area contributed by atoms with Gasteiger partial charge in [0, 0.05) is 0 Å². The fourth-order valence-electron chi connectivity index (χ4n) is 2.35. The molecular weight excluding hydrogens is 298 g/mol. The fourth-order valence-corrected chi connectivity index (χ4v) is 2.87. The molecule has 0 spiro atoms. The number of anilines is 1. The van der Waals surface area contributed by atoms with Gasteiger partial charge in [-0.15, -0.1) is 11.8 Å². The van der Waals surface area contributed by atoms with Gasteiger partial charge < -0.3 is 25.8 Å². The molecule has 10 heteroatoms. The molecule has 114 valence electrons. The highest BCUT2D eigenvalue weighted by molar-refractivity contribution is 7.98. The van der Waals surface area contributed by atoms with Gasteiger partial charge in [-0.05, 0) is 6.26 Å². The molecule has 5 N–H and O–H groups in total. The molecule has 0 aliphatic carbocycles. The number of ether oxygens (including phenoxy) is 1. The summed E-state index contributed by atoms with van der Waals surface area (Å²) in [5.74, 6) is 0.0837. The number of imidazole rings is 1. The van der Waals surface area contributed by atoms with Crippen molar-refractivity contribution < 1.29 is 20.1 Å². The molecule has 1 saturated heterocycles. The van der Waals surface area contributed by atoms with Crippen LogP contribution in [0.4, 0.5) is 5.95 Å². The molecule has 0 bridgehead atoms. The molecule has 9 nitrogen and oxygen atoms in total. The first-order valence-electron chi connectivity index (χ1n) is 6.23. The highest BCUT2D eigenvalue weighted by Crippen LogP contribution is 2.32. The highest BCUT2D eigenvalue weighted by atomic mass is 32.2. The van der Waals surface area contributed by atoms with Crippen LogP contribution in [0.15, 0.2) is 11.4 Å². The molecule has 0 amide bonds. The van der Waals surface area contributed by atoms with E-state index < -0.39 is 31.1 Å². The van der Waals surface area contributed by atoms with Gasteiger partial charge in [0.05, 0.1) is 12.9 Å². The van der Waals surface area contributed by atoms with Gasteiger partial charge in [0.1, 0.15) is 28.9 Å². The van der Waals surface area contributed by atoms with Gasteiger partial charge in [-0.2, -0.15) is 4.98 Å². The van der Waals surface area contributed by atoms with Crippen LogP contribution in [0.3, 0.4) is 0 Å². The largest absolute Gasteiger partial charge is 0.394 e. The molecule has 2 aromatic rings. The topological polar surface area (TPSA) is 140 Å². The standard InChI is InChI=1S/C11H15N5O4S/c1-21-9-5-8(14-11(12)15-9)16(3-13-5)10-7(19)6(18)4(2-17)20-10/h3-4,6-7,10,17-19H,2H2,1H3,(H2,12,14,15)/t4-,6+,7-,10+/m0/s1. The quantitative estimate of drug-likeness (QED) is 0.404. The minimum Gasteiger partial charge on any atom is -0.394 e. The van der Waals surface area contributed by atoms with Crippen molar-refractivity contribution in [3.63, 3.8) is 0 Å². The van der Waals surface area contributed by atoms with Crippen LogP contribution in [-0.4, -0.2) is 66.0 Å². The van der Waals surface area contributed by atoms with Gasteiger partial charge >= 0.3 is 0 Å². The Hall–Kier alpha value is -1.46. The van der Waals surface area contributed by atoms with Crippen molar-refractivity contribution in [3.05, 3.63) is 6.33 Å². The van der Waals surface area contributed by atoms with Crippen molar-refractivity contribution in [2.24, 2.45) is 0 Å². The third-order valence-electron chi connectivity index (χ3n) is 3.39. The Morgan fingerprint density at radius 1 is 1.38 bits per heavy atom. The molecule has 21 heavy (non-hydrogen) atoms. The van der Waals surface area contributed by atoms with E-state index in [1.165, 1.54) is 22.7 Å². The summed E-state index contributed by atoms with van der Waals surface area (Å²) in [7, 11) is 0. The summed E-state index contributed by atoms with van der Waals surface area (Å²) in [6, 6.07) is 0. The Labute approximate surface area is 123 Å². The van der Waals surface area contributed by atoms with Gasteiger partial charge in [0.25, 0.3) is 0 Å². The molecule has 1 aliphatic rings. The third-order valence-corrected chi connectivity index (χ3v) is 4.06. The van der Waals surface area contributed by atoms with E-state index in [0.29, 0.717) is 16.2 Å².